The molecular weight excluding hydrogens is 385 g/mol. The predicted molar refractivity (Wildman–Crippen MR) is 87.4 cm³/mol. The first-order valence-electron chi connectivity index (χ1n) is 7.39. The number of halogens is 4. The quantitative estimate of drug-likeness (QED) is 0.825. The fourth-order valence-electron chi connectivity index (χ4n) is 3.13. The van der Waals surface area contributed by atoms with Crippen LogP contribution in [-0.4, -0.2) is 23.2 Å². The van der Waals surface area contributed by atoms with Crippen LogP contribution in [-0.2, 0) is 11.8 Å². The van der Waals surface area contributed by atoms with Crippen molar-refractivity contribution in [1.82, 2.24) is 10.3 Å². The van der Waals surface area contributed by atoms with Crippen molar-refractivity contribution in [3.63, 3.8) is 0 Å². The molecule has 0 saturated carbocycles. The maximum absolute atomic E-state index is 12.8. The van der Waals surface area contributed by atoms with Crippen LogP contribution in [0.15, 0.2) is 47.2 Å². The minimum atomic E-state index is -4.41. The summed E-state index contributed by atoms with van der Waals surface area (Å²) in [4.78, 5) is 4.10. The molecule has 128 valence electrons. The van der Waals surface area contributed by atoms with Gasteiger partial charge in [-0.25, -0.2) is 0 Å². The fourth-order valence-corrected chi connectivity index (χ4v) is 3.49. The molecule has 0 bridgehead atoms. The Morgan fingerprint density at radius 2 is 1.67 bits per heavy atom. The second kappa shape index (κ2) is 5.82. The zero-order valence-electron chi connectivity index (χ0n) is 12.9. The number of aromatic nitrogens is 1. The Labute approximate surface area is 146 Å². The van der Waals surface area contributed by atoms with Gasteiger partial charge in [0.1, 0.15) is 5.60 Å². The van der Waals surface area contributed by atoms with Gasteiger partial charge in [-0.05, 0) is 39.7 Å². The van der Waals surface area contributed by atoms with Crippen LogP contribution in [0.2, 0.25) is 0 Å². The third kappa shape index (κ3) is 2.74. The minimum absolute atomic E-state index is 0.416. The maximum Gasteiger partial charge on any atom is 0.416 e. The van der Waals surface area contributed by atoms with Crippen molar-refractivity contribution in [1.29, 1.82) is 0 Å². The highest BCUT2D eigenvalue weighted by molar-refractivity contribution is 9.10. The van der Waals surface area contributed by atoms with Gasteiger partial charge in [0.25, 0.3) is 0 Å². The van der Waals surface area contributed by atoms with Crippen LogP contribution in [0.3, 0.4) is 0 Å². The van der Waals surface area contributed by atoms with Crippen LogP contribution in [0, 0.1) is 5.41 Å². The standard InChI is InChI=1S/C17H16BrF3N2O/c1-15(9-23-10-15)16(24,13-6-14(18)8-22-7-13)11-2-4-12(5-3-11)17(19,20)21/h2-8,23-24H,9-10H2,1H3/t16-/m0/s1. The topological polar surface area (TPSA) is 45.2 Å². The van der Waals surface area contributed by atoms with E-state index in [2.05, 4.69) is 26.2 Å². The first-order chi connectivity index (χ1) is 11.2. The Hall–Kier alpha value is -1.44. The van der Waals surface area contributed by atoms with E-state index in [0.717, 1.165) is 12.1 Å². The number of nitrogens with one attached hydrogen (secondary N) is 1. The first-order valence-corrected chi connectivity index (χ1v) is 8.18. The number of aliphatic hydroxyl groups is 1. The highest BCUT2D eigenvalue weighted by Gasteiger charge is 2.53. The van der Waals surface area contributed by atoms with Gasteiger partial charge >= 0.3 is 6.18 Å². The molecule has 1 aromatic carbocycles. The summed E-state index contributed by atoms with van der Waals surface area (Å²) in [5.41, 5.74) is -1.77. The number of hydrogen-bond acceptors (Lipinski definition) is 3. The normalized spacial score (nSPS) is 19.4. The van der Waals surface area contributed by atoms with Crippen molar-refractivity contribution in [2.24, 2.45) is 5.41 Å². The molecule has 1 fully saturated rings. The van der Waals surface area contributed by atoms with Gasteiger partial charge in [0.2, 0.25) is 0 Å². The molecule has 2 heterocycles. The van der Waals surface area contributed by atoms with Crippen LogP contribution in [0.4, 0.5) is 13.2 Å². The molecule has 3 nitrogen and oxygen atoms in total. The van der Waals surface area contributed by atoms with E-state index in [4.69, 9.17) is 0 Å². The molecule has 0 spiro atoms. The van der Waals surface area contributed by atoms with Gasteiger partial charge in [-0.1, -0.05) is 19.1 Å². The van der Waals surface area contributed by atoms with Gasteiger partial charge in [0, 0.05) is 40.9 Å². The van der Waals surface area contributed by atoms with E-state index in [0.29, 0.717) is 28.7 Å². The molecule has 0 unspecified atom stereocenters. The molecule has 0 aliphatic carbocycles. The predicted octanol–water partition coefficient (Wildman–Crippen LogP) is 3.71. The lowest BCUT2D eigenvalue weighted by Gasteiger charge is -2.52. The molecule has 2 N–H and O–H groups in total. The SMILES string of the molecule is CC1([C@](O)(c2ccc(C(F)(F)F)cc2)c2cncc(Br)c2)CNC1. The van der Waals surface area contributed by atoms with Crippen LogP contribution < -0.4 is 5.32 Å². The molecule has 7 heteroatoms. The molecule has 0 amide bonds. The Balaban J connectivity index is 2.12. The van der Waals surface area contributed by atoms with Crippen molar-refractivity contribution in [3.8, 4) is 0 Å². The van der Waals surface area contributed by atoms with Gasteiger partial charge in [0.05, 0.1) is 5.56 Å². The molecular formula is C17H16BrF3N2O. The van der Waals surface area contributed by atoms with E-state index in [1.54, 1.807) is 18.5 Å². The Morgan fingerprint density at radius 1 is 1.08 bits per heavy atom. The third-order valence-corrected chi connectivity index (χ3v) is 5.09. The lowest BCUT2D eigenvalue weighted by Crippen LogP contribution is -2.63. The van der Waals surface area contributed by atoms with Crippen molar-refractivity contribution >= 4 is 15.9 Å². The Bertz CT molecular complexity index is 744. The molecule has 1 saturated heterocycles. The highest BCUT2D eigenvalue weighted by Crippen LogP contribution is 2.48. The summed E-state index contributed by atoms with van der Waals surface area (Å²) in [6, 6.07) is 6.43. The average Bonchev–Trinajstić information content (AvgIpc) is 2.51. The van der Waals surface area contributed by atoms with Gasteiger partial charge in [-0.3, -0.25) is 4.98 Å². The number of nitrogens with zero attached hydrogens (tertiary/aromatic N) is 1. The number of benzene rings is 1. The van der Waals surface area contributed by atoms with E-state index in [9.17, 15) is 18.3 Å². The zero-order chi connectivity index (χ0) is 17.6. The summed E-state index contributed by atoms with van der Waals surface area (Å²) in [7, 11) is 0. The van der Waals surface area contributed by atoms with Crippen LogP contribution in [0.1, 0.15) is 23.6 Å². The first kappa shape index (κ1) is 17.4. The lowest BCUT2D eigenvalue weighted by atomic mass is 9.63. The number of pyridine rings is 1. The summed E-state index contributed by atoms with van der Waals surface area (Å²) in [5.74, 6) is 0. The van der Waals surface area contributed by atoms with Crippen LogP contribution in [0.25, 0.3) is 0 Å². The summed E-state index contributed by atoms with van der Waals surface area (Å²) < 4.78 is 39.1. The van der Waals surface area contributed by atoms with Gasteiger partial charge in [0.15, 0.2) is 0 Å². The smallest absolute Gasteiger partial charge is 0.380 e. The fraction of sp³-hybridized carbons (Fsp3) is 0.353. The van der Waals surface area contributed by atoms with Gasteiger partial charge in [-0.15, -0.1) is 0 Å². The lowest BCUT2D eigenvalue weighted by molar-refractivity contribution is -0.137. The van der Waals surface area contributed by atoms with Gasteiger partial charge < -0.3 is 10.4 Å². The van der Waals surface area contributed by atoms with Crippen molar-refractivity contribution in [3.05, 3.63) is 63.9 Å². The number of hydrogen-bond donors (Lipinski definition) is 2. The van der Waals surface area contributed by atoms with Crippen molar-refractivity contribution in [2.75, 3.05) is 13.1 Å². The summed E-state index contributed by atoms with van der Waals surface area (Å²) in [5, 5.41) is 14.7. The zero-order valence-corrected chi connectivity index (χ0v) is 14.4. The third-order valence-electron chi connectivity index (χ3n) is 4.66. The second-order valence-corrected chi connectivity index (χ2v) is 7.26. The number of alkyl halides is 3. The number of rotatable bonds is 3. The molecule has 0 radical (unpaired) electrons. The van der Waals surface area contributed by atoms with E-state index in [-0.39, 0.29) is 0 Å². The monoisotopic (exact) mass is 400 g/mol. The molecule has 24 heavy (non-hydrogen) atoms. The molecule has 3 rings (SSSR count). The average molecular weight is 401 g/mol. The summed E-state index contributed by atoms with van der Waals surface area (Å²) in [6.45, 7) is 3.01. The highest BCUT2D eigenvalue weighted by atomic mass is 79.9. The van der Waals surface area contributed by atoms with Crippen molar-refractivity contribution < 1.29 is 18.3 Å². The molecule has 1 aromatic heterocycles. The second-order valence-electron chi connectivity index (χ2n) is 6.34. The summed E-state index contributed by atoms with van der Waals surface area (Å²) >= 11 is 3.33. The van der Waals surface area contributed by atoms with Crippen LogP contribution in [0.5, 0.6) is 0 Å². The Kier molecular flexibility index (Phi) is 4.22. The van der Waals surface area contributed by atoms with E-state index in [1.165, 1.54) is 12.1 Å². The molecule has 1 aliphatic rings. The minimum Gasteiger partial charge on any atom is -0.380 e. The summed E-state index contributed by atoms with van der Waals surface area (Å²) in [6.07, 6.45) is -1.26. The largest absolute Gasteiger partial charge is 0.416 e. The van der Waals surface area contributed by atoms with E-state index >= 15 is 0 Å². The van der Waals surface area contributed by atoms with Gasteiger partial charge in [-0.2, -0.15) is 13.2 Å². The van der Waals surface area contributed by atoms with Crippen molar-refractivity contribution in [2.45, 2.75) is 18.7 Å². The molecule has 1 atom stereocenters. The van der Waals surface area contributed by atoms with E-state index in [1.807, 2.05) is 6.92 Å². The Morgan fingerprint density at radius 3 is 2.12 bits per heavy atom. The van der Waals surface area contributed by atoms with E-state index < -0.39 is 22.8 Å². The molecule has 1 aliphatic heterocycles. The maximum atomic E-state index is 12.8. The molecule has 2 aromatic rings. The van der Waals surface area contributed by atoms with Crippen LogP contribution >= 0.6 is 15.9 Å².